The van der Waals surface area contributed by atoms with E-state index in [0.29, 0.717) is 11.6 Å². The SMILES string of the molecule is Cc1nc(C(C)C)cc2nc(CC(=O)O)cn12. The number of hydrogen-bond acceptors (Lipinski definition) is 3. The van der Waals surface area contributed by atoms with Crippen molar-refractivity contribution in [3.63, 3.8) is 0 Å². The van der Waals surface area contributed by atoms with E-state index in [1.54, 1.807) is 6.20 Å². The van der Waals surface area contributed by atoms with Gasteiger partial charge in [-0.15, -0.1) is 0 Å². The van der Waals surface area contributed by atoms with E-state index in [1.165, 1.54) is 0 Å². The molecule has 0 spiro atoms. The highest BCUT2D eigenvalue weighted by atomic mass is 16.4. The molecule has 0 aromatic carbocycles. The van der Waals surface area contributed by atoms with Crippen molar-refractivity contribution in [1.82, 2.24) is 14.4 Å². The zero-order valence-electron chi connectivity index (χ0n) is 10.1. The summed E-state index contributed by atoms with van der Waals surface area (Å²) in [6.07, 6.45) is 1.67. The van der Waals surface area contributed by atoms with Crippen LogP contribution in [0.5, 0.6) is 0 Å². The fourth-order valence-corrected chi connectivity index (χ4v) is 1.75. The third-order valence-corrected chi connectivity index (χ3v) is 2.62. The summed E-state index contributed by atoms with van der Waals surface area (Å²) in [5.74, 6) is 0.289. The molecule has 2 rings (SSSR count). The monoisotopic (exact) mass is 233 g/mol. The van der Waals surface area contributed by atoms with E-state index in [-0.39, 0.29) is 6.42 Å². The molecule has 0 aliphatic carbocycles. The Morgan fingerprint density at radius 3 is 2.76 bits per heavy atom. The lowest BCUT2D eigenvalue weighted by molar-refractivity contribution is -0.136. The molecule has 17 heavy (non-hydrogen) atoms. The number of hydrogen-bond donors (Lipinski definition) is 1. The Labute approximate surface area is 99.1 Å². The summed E-state index contributed by atoms with van der Waals surface area (Å²) >= 11 is 0. The molecule has 0 radical (unpaired) electrons. The number of fused-ring (bicyclic) bond motifs is 1. The predicted molar refractivity (Wildman–Crippen MR) is 63.2 cm³/mol. The van der Waals surface area contributed by atoms with Crippen LogP contribution in [0.15, 0.2) is 12.3 Å². The maximum Gasteiger partial charge on any atom is 0.309 e. The van der Waals surface area contributed by atoms with Crippen LogP contribution in [0, 0.1) is 6.92 Å². The van der Waals surface area contributed by atoms with Gasteiger partial charge in [0.1, 0.15) is 11.5 Å². The molecule has 0 fully saturated rings. The molecule has 2 aromatic heterocycles. The summed E-state index contributed by atoms with van der Waals surface area (Å²) in [5.41, 5.74) is 2.29. The lowest BCUT2D eigenvalue weighted by Gasteiger charge is -2.06. The number of imidazole rings is 1. The topological polar surface area (TPSA) is 67.5 Å². The molecule has 0 amide bonds. The zero-order valence-corrected chi connectivity index (χ0v) is 10.1. The molecule has 0 aliphatic heterocycles. The van der Waals surface area contributed by atoms with E-state index < -0.39 is 5.97 Å². The fraction of sp³-hybridized carbons (Fsp3) is 0.417. The third kappa shape index (κ3) is 2.27. The molecule has 5 heteroatoms. The van der Waals surface area contributed by atoms with E-state index in [4.69, 9.17) is 5.11 Å². The molecule has 0 aliphatic rings. The molecular weight excluding hydrogens is 218 g/mol. The van der Waals surface area contributed by atoms with Gasteiger partial charge in [-0.2, -0.15) is 0 Å². The molecule has 5 nitrogen and oxygen atoms in total. The fourth-order valence-electron chi connectivity index (χ4n) is 1.75. The van der Waals surface area contributed by atoms with Gasteiger partial charge in [-0.3, -0.25) is 9.20 Å². The van der Waals surface area contributed by atoms with Crippen LogP contribution >= 0.6 is 0 Å². The summed E-state index contributed by atoms with van der Waals surface area (Å²) in [6.45, 7) is 6.03. The van der Waals surface area contributed by atoms with Gasteiger partial charge in [0.15, 0.2) is 0 Å². The highest BCUT2D eigenvalue weighted by Crippen LogP contribution is 2.16. The smallest absolute Gasteiger partial charge is 0.309 e. The Bertz CT molecular complexity index is 572. The van der Waals surface area contributed by atoms with E-state index in [9.17, 15) is 4.79 Å². The molecule has 0 unspecified atom stereocenters. The number of carboxylic acid groups (broad SMARTS) is 1. The second kappa shape index (κ2) is 4.16. The van der Waals surface area contributed by atoms with Gasteiger partial charge in [-0.1, -0.05) is 13.8 Å². The Morgan fingerprint density at radius 2 is 2.18 bits per heavy atom. The van der Waals surface area contributed by atoms with Crippen LogP contribution in [-0.4, -0.2) is 25.4 Å². The first-order valence-electron chi connectivity index (χ1n) is 5.54. The Morgan fingerprint density at radius 1 is 1.47 bits per heavy atom. The van der Waals surface area contributed by atoms with Crippen LogP contribution in [0.4, 0.5) is 0 Å². The number of nitrogens with zero attached hydrogens (tertiary/aromatic N) is 3. The first-order valence-corrected chi connectivity index (χ1v) is 5.54. The number of carbonyl (C=O) groups is 1. The largest absolute Gasteiger partial charge is 0.481 e. The maximum atomic E-state index is 10.6. The van der Waals surface area contributed by atoms with Crippen molar-refractivity contribution in [2.75, 3.05) is 0 Å². The molecule has 2 heterocycles. The van der Waals surface area contributed by atoms with Gasteiger partial charge in [-0.05, 0) is 12.8 Å². The molecule has 0 atom stereocenters. The van der Waals surface area contributed by atoms with Crippen LogP contribution in [0.2, 0.25) is 0 Å². The summed E-state index contributed by atoms with van der Waals surface area (Å²) in [5, 5.41) is 8.74. The molecule has 90 valence electrons. The average Bonchev–Trinajstić information content (AvgIpc) is 2.59. The number of carboxylic acids is 1. The van der Waals surface area contributed by atoms with Crippen molar-refractivity contribution in [2.24, 2.45) is 0 Å². The van der Waals surface area contributed by atoms with Crippen LogP contribution in [0.3, 0.4) is 0 Å². The third-order valence-electron chi connectivity index (χ3n) is 2.62. The van der Waals surface area contributed by atoms with Crippen molar-refractivity contribution in [3.05, 3.63) is 29.5 Å². The Balaban J connectivity index is 2.52. The molecule has 0 saturated carbocycles. The molecular formula is C12H15N3O2. The van der Waals surface area contributed by atoms with Gasteiger partial charge >= 0.3 is 5.97 Å². The Kier molecular flexibility index (Phi) is 2.83. The average molecular weight is 233 g/mol. The summed E-state index contributed by atoms with van der Waals surface area (Å²) < 4.78 is 1.82. The van der Waals surface area contributed by atoms with E-state index in [0.717, 1.165) is 17.2 Å². The standard InChI is InChI=1S/C12H15N3O2/c1-7(2)10-5-11-14-9(4-12(16)17)6-15(11)8(3)13-10/h5-7H,4H2,1-3H3,(H,16,17). The van der Waals surface area contributed by atoms with Gasteiger partial charge < -0.3 is 5.11 Å². The van der Waals surface area contributed by atoms with Crippen LogP contribution in [0.25, 0.3) is 5.65 Å². The molecule has 0 bridgehead atoms. The highest BCUT2D eigenvalue weighted by molar-refractivity contribution is 5.69. The van der Waals surface area contributed by atoms with Gasteiger partial charge in [0.2, 0.25) is 0 Å². The minimum absolute atomic E-state index is 0.0574. The summed E-state index contributed by atoms with van der Waals surface area (Å²) in [4.78, 5) is 19.4. The first-order chi connectivity index (χ1) is 7.97. The minimum Gasteiger partial charge on any atom is -0.481 e. The Hall–Kier alpha value is -1.91. The lowest BCUT2D eigenvalue weighted by atomic mass is 10.1. The van der Waals surface area contributed by atoms with Gasteiger partial charge in [-0.25, -0.2) is 9.97 Å². The number of aromatic nitrogens is 3. The van der Waals surface area contributed by atoms with Gasteiger partial charge in [0, 0.05) is 18.0 Å². The van der Waals surface area contributed by atoms with Crippen molar-refractivity contribution in [1.29, 1.82) is 0 Å². The van der Waals surface area contributed by atoms with Crippen LogP contribution in [0.1, 0.15) is 37.0 Å². The number of aliphatic carboxylic acids is 1. The number of aryl methyl sites for hydroxylation is 1. The van der Waals surface area contributed by atoms with Crippen molar-refractivity contribution in [3.8, 4) is 0 Å². The van der Waals surface area contributed by atoms with Crippen molar-refractivity contribution < 1.29 is 9.90 Å². The molecule has 0 saturated heterocycles. The van der Waals surface area contributed by atoms with Crippen LogP contribution in [-0.2, 0) is 11.2 Å². The van der Waals surface area contributed by atoms with Crippen molar-refractivity contribution >= 4 is 11.6 Å². The van der Waals surface area contributed by atoms with E-state index in [1.807, 2.05) is 17.4 Å². The lowest BCUT2D eigenvalue weighted by Crippen LogP contribution is -2.00. The summed E-state index contributed by atoms with van der Waals surface area (Å²) in [7, 11) is 0. The molecule has 1 N–H and O–H groups in total. The van der Waals surface area contributed by atoms with E-state index >= 15 is 0 Å². The second-order valence-corrected chi connectivity index (χ2v) is 4.41. The first kappa shape index (κ1) is 11.6. The van der Waals surface area contributed by atoms with Gasteiger partial charge in [0.05, 0.1) is 12.1 Å². The van der Waals surface area contributed by atoms with E-state index in [2.05, 4.69) is 23.8 Å². The van der Waals surface area contributed by atoms with Gasteiger partial charge in [0.25, 0.3) is 0 Å². The van der Waals surface area contributed by atoms with Crippen molar-refractivity contribution in [2.45, 2.75) is 33.1 Å². The van der Waals surface area contributed by atoms with Crippen LogP contribution < -0.4 is 0 Å². The summed E-state index contributed by atoms with van der Waals surface area (Å²) in [6, 6.07) is 1.91. The quantitative estimate of drug-likeness (QED) is 0.877. The second-order valence-electron chi connectivity index (χ2n) is 4.41. The zero-order chi connectivity index (χ0) is 12.6. The highest BCUT2D eigenvalue weighted by Gasteiger charge is 2.10. The number of rotatable bonds is 3. The molecule has 2 aromatic rings. The normalized spacial score (nSPS) is 11.3. The maximum absolute atomic E-state index is 10.6. The minimum atomic E-state index is -0.872. The predicted octanol–water partition coefficient (Wildman–Crippen LogP) is 1.79.